The zero-order valence-electron chi connectivity index (χ0n) is 4.15. The first-order valence-electron chi connectivity index (χ1n) is 2.30. The molecule has 0 atom stereocenters. The van der Waals surface area contributed by atoms with Crippen LogP contribution in [0.5, 0.6) is 0 Å². The van der Waals surface area contributed by atoms with Gasteiger partial charge in [0.15, 0.2) is 0 Å². The van der Waals surface area contributed by atoms with E-state index in [2.05, 4.69) is 10.5 Å². The molecule has 0 radical (unpaired) electrons. The van der Waals surface area contributed by atoms with Gasteiger partial charge < -0.3 is 0 Å². The molecule has 1 heterocycles. The topological polar surface area (TPSA) is 41.5 Å². The Morgan fingerprint density at radius 2 is 2.38 bits per heavy atom. The quantitative estimate of drug-likeness (QED) is 0.511. The second-order valence-corrected chi connectivity index (χ2v) is 1.96. The fraction of sp³-hybridized carbons (Fsp3) is 0.500. The number of hydrogen-bond donors (Lipinski definition) is 1. The van der Waals surface area contributed by atoms with Gasteiger partial charge >= 0.3 is 0 Å². The summed E-state index contributed by atoms with van der Waals surface area (Å²) in [5.74, 6) is -0.0607. The van der Waals surface area contributed by atoms with Crippen molar-refractivity contribution in [2.24, 2.45) is 5.10 Å². The van der Waals surface area contributed by atoms with Gasteiger partial charge in [-0.3, -0.25) is 4.79 Å². The van der Waals surface area contributed by atoms with Crippen molar-refractivity contribution in [2.45, 2.75) is 12.8 Å². The number of halogens is 1. The van der Waals surface area contributed by atoms with E-state index < -0.39 is 0 Å². The van der Waals surface area contributed by atoms with Crippen molar-refractivity contribution in [3.05, 3.63) is 0 Å². The van der Waals surface area contributed by atoms with Gasteiger partial charge in [-0.15, -0.1) is 0 Å². The van der Waals surface area contributed by atoms with E-state index in [0.29, 0.717) is 18.0 Å². The first kappa shape index (κ1) is 5.56. The second-order valence-electron chi connectivity index (χ2n) is 1.52. The summed E-state index contributed by atoms with van der Waals surface area (Å²) in [4.78, 5) is 10.3. The lowest BCUT2D eigenvalue weighted by molar-refractivity contribution is -0.121. The van der Waals surface area contributed by atoms with Crippen LogP contribution in [0.2, 0.25) is 0 Å². The van der Waals surface area contributed by atoms with Crippen LogP contribution in [0.25, 0.3) is 0 Å². The van der Waals surface area contributed by atoms with Crippen LogP contribution in [0.4, 0.5) is 0 Å². The molecule has 0 bridgehead atoms. The van der Waals surface area contributed by atoms with Crippen molar-refractivity contribution >= 4 is 22.7 Å². The highest BCUT2D eigenvalue weighted by Gasteiger charge is 2.07. The summed E-state index contributed by atoms with van der Waals surface area (Å²) in [7, 11) is 0. The van der Waals surface area contributed by atoms with Gasteiger partial charge in [0.05, 0.1) is 0 Å². The molecule has 0 unspecified atom stereocenters. The number of hydrazone groups is 1. The fourth-order valence-corrected chi connectivity index (χ4v) is 0.588. The molecule has 0 aliphatic carbocycles. The van der Waals surface area contributed by atoms with E-state index in [0.717, 1.165) is 0 Å². The second kappa shape index (κ2) is 2.13. The fourth-order valence-electron chi connectivity index (χ4n) is 0.451. The summed E-state index contributed by atoms with van der Waals surface area (Å²) >= 11 is 5.42. The predicted molar refractivity (Wildman–Crippen MR) is 30.7 cm³/mol. The van der Waals surface area contributed by atoms with Crippen LogP contribution in [0.3, 0.4) is 0 Å². The van der Waals surface area contributed by atoms with Gasteiger partial charge in [0.2, 0.25) is 5.91 Å². The Labute approximate surface area is 51.7 Å². The van der Waals surface area contributed by atoms with Crippen LogP contribution in [-0.2, 0) is 4.79 Å². The Morgan fingerprint density at radius 1 is 1.62 bits per heavy atom. The maximum absolute atomic E-state index is 10.3. The van der Waals surface area contributed by atoms with Gasteiger partial charge in [0.1, 0.15) is 5.17 Å². The molecule has 8 heavy (non-hydrogen) atoms. The van der Waals surface area contributed by atoms with E-state index in [1.807, 2.05) is 0 Å². The van der Waals surface area contributed by atoms with Crippen molar-refractivity contribution < 1.29 is 4.79 Å². The minimum Gasteiger partial charge on any atom is -0.273 e. The van der Waals surface area contributed by atoms with Gasteiger partial charge in [-0.05, 0) is 0 Å². The summed E-state index contributed by atoms with van der Waals surface area (Å²) in [5, 5.41) is 3.97. The van der Waals surface area contributed by atoms with Gasteiger partial charge in [-0.2, -0.15) is 5.10 Å². The van der Waals surface area contributed by atoms with Crippen molar-refractivity contribution in [3.8, 4) is 0 Å². The molecule has 1 aliphatic heterocycles. The van der Waals surface area contributed by atoms with Crippen molar-refractivity contribution in [3.63, 3.8) is 0 Å². The molecular weight excluding hydrogens is 128 g/mol. The largest absolute Gasteiger partial charge is 0.273 e. The molecule has 0 spiro atoms. The van der Waals surface area contributed by atoms with Gasteiger partial charge in [0, 0.05) is 12.8 Å². The molecule has 3 nitrogen and oxygen atoms in total. The minimum atomic E-state index is -0.0607. The number of carbonyl (C=O) groups is 1. The summed E-state index contributed by atoms with van der Waals surface area (Å²) in [6, 6.07) is 0. The Balaban J connectivity index is 2.55. The minimum absolute atomic E-state index is 0.0607. The number of amides is 1. The van der Waals surface area contributed by atoms with Crippen LogP contribution < -0.4 is 5.43 Å². The molecule has 0 aromatic rings. The first-order valence-corrected chi connectivity index (χ1v) is 2.68. The van der Waals surface area contributed by atoms with Gasteiger partial charge in [0.25, 0.3) is 0 Å². The van der Waals surface area contributed by atoms with E-state index in [9.17, 15) is 4.79 Å². The molecule has 0 fully saturated rings. The maximum atomic E-state index is 10.3. The normalized spacial score (nSPS) is 19.6. The van der Waals surface area contributed by atoms with Crippen LogP contribution in [0.1, 0.15) is 12.8 Å². The number of carbonyl (C=O) groups excluding carboxylic acids is 1. The van der Waals surface area contributed by atoms with E-state index in [1.54, 1.807) is 0 Å². The maximum Gasteiger partial charge on any atom is 0.240 e. The number of hydrogen-bond acceptors (Lipinski definition) is 2. The molecular formula is C4H5ClN2O. The van der Waals surface area contributed by atoms with E-state index in [1.165, 1.54) is 0 Å². The third-order valence-corrected chi connectivity index (χ3v) is 1.13. The van der Waals surface area contributed by atoms with E-state index in [-0.39, 0.29) is 5.91 Å². The standard InChI is InChI=1S/C4H5ClN2O/c5-3-1-2-4(8)7-6-3/h1-2H2,(H,7,8). The highest BCUT2D eigenvalue weighted by atomic mass is 35.5. The lowest BCUT2D eigenvalue weighted by atomic mass is 10.3. The van der Waals surface area contributed by atoms with Crippen LogP contribution in [0, 0.1) is 0 Å². The zero-order valence-corrected chi connectivity index (χ0v) is 4.90. The Morgan fingerprint density at radius 3 is 2.75 bits per heavy atom. The molecule has 1 rings (SSSR count). The molecule has 0 aromatic heterocycles. The molecule has 0 aromatic carbocycles. The zero-order chi connectivity index (χ0) is 5.98. The Bertz CT molecular complexity index is 143. The van der Waals surface area contributed by atoms with Gasteiger partial charge in [-0.1, -0.05) is 11.6 Å². The lowest BCUT2D eigenvalue weighted by Crippen LogP contribution is -2.23. The molecule has 44 valence electrons. The SMILES string of the molecule is O=C1CCC(Cl)=NN1. The monoisotopic (exact) mass is 132 g/mol. The molecule has 4 heteroatoms. The number of rotatable bonds is 0. The lowest BCUT2D eigenvalue weighted by Gasteiger charge is -2.04. The molecule has 0 saturated carbocycles. The van der Waals surface area contributed by atoms with Crippen molar-refractivity contribution in [1.29, 1.82) is 0 Å². The molecule has 1 N–H and O–H groups in total. The third kappa shape index (κ3) is 1.20. The van der Waals surface area contributed by atoms with E-state index in [4.69, 9.17) is 11.6 Å². The average Bonchev–Trinajstić information content (AvgIpc) is 1.77. The van der Waals surface area contributed by atoms with Crippen LogP contribution in [0.15, 0.2) is 5.10 Å². The van der Waals surface area contributed by atoms with Crippen molar-refractivity contribution in [2.75, 3.05) is 0 Å². The Kier molecular flexibility index (Phi) is 1.48. The third-order valence-electron chi connectivity index (χ3n) is 0.860. The average molecular weight is 133 g/mol. The highest BCUT2D eigenvalue weighted by molar-refractivity contribution is 6.65. The van der Waals surface area contributed by atoms with Gasteiger partial charge in [-0.25, -0.2) is 5.43 Å². The number of nitrogens with one attached hydrogen (secondary N) is 1. The Hall–Kier alpha value is -0.570. The summed E-state index contributed by atoms with van der Waals surface area (Å²) in [5.41, 5.74) is 2.25. The summed E-state index contributed by atoms with van der Waals surface area (Å²) < 4.78 is 0. The van der Waals surface area contributed by atoms with Crippen LogP contribution >= 0.6 is 11.6 Å². The molecule has 1 aliphatic rings. The van der Waals surface area contributed by atoms with Crippen molar-refractivity contribution in [1.82, 2.24) is 5.43 Å². The number of nitrogens with zero attached hydrogens (tertiary/aromatic N) is 1. The van der Waals surface area contributed by atoms with Crippen LogP contribution in [-0.4, -0.2) is 11.1 Å². The molecule has 1 amide bonds. The van der Waals surface area contributed by atoms with E-state index >= 15 is 0 Å². The molecule has 0 saturated heterocycles. The highest BCUT2D eigenvalue weighted by Crippen LogP contribution is 2.01. The smallest absolute Gasteiger partial charge is 0.240 e. The summed E-state index contributed by atoms with van der Waals surface area (Å²) in [6.07, 6.45) is 1.04. The predicted octanol–water partition coefficient (Wildman–Crippen LogP) is 0.449. The first-order chi connectivity index (χ1) is 3.79. The summed E-state index contributed by atoms with van der Waals surface area (Å²) in [6.45, 7) is 0.